The highest BCUT2D eigenvalue weighted by Crippen LogP contribution is 2.37. The average molecular weight is 488 g/mol. The third-order valence-corrected chi connectivity index (χ3v) is 8.40. The molecule has 1 aromatic carbocycles. The number of rotatable bonds is 7. The van der Waals surface area contributed by atoms with E-state index in [1.807, 2.05) is 26.8 Å². The van der Waals surface area contributed by atoms with Crippen LogP contribution in [0.5, 0.6) is 0 Å². The van der Waals surface area contributed by atoms with Gasteiger partial charge in [0, 0.05) is 37.6 Å². The quantitative estimate of drug-likeness (QED) is 0.616. The first-order valence-electron chi connectivity index (χ1n) is 11.8. The third-order valence-electron chi connectivity index (χ3n) is 6.48. The van der Waals surface area contributed by atoms with Gasteiger partial charge in [0.2, 0.25) is 5.95 Å². The van der Waals surface area contributed by atoms with Gasteiger partial charge in [-0.15, -0.1) is 0 Å². The highest BCUT2D eigenvalue weighted by atomic mass is 32.2. The Balaban J connectivity index is 1.42. The van der Waals surface area contributed by atoms with Gasteiger partial charge in [0.05, 0.1) is 28.4 Å². The first kappa shape index (κ1) is 24.4. The van der Waals surface area contributed by atoms with Crippen molar-refractivity contribution in [1.29, 1.82) is 0 Å². The van der Waals surface area contributed by atoms with Crippen LogP contribution in [0.1, 0.15) is 56.9 Å². The number of hydrogen-bond donors (Lipinski definition) is 2. The molecule has 2 aliphatic heterocycles. The number of carbonyl (C=O) groups is 1. The second-order valence-corrected chi connectivity index (χ2v) is 11.5. The van der Waals surface area contributed by atoms with Crippen LogP contribution in [-0.2, 0) is 33.2 Å². The number of hydrogen-bond acceptors (Lipinski definition) is 7. The third kappa shape index (κ3) is 5.17. The Kier molecular flexibility index (Phi) is 7.09. The summed E-state index contributed by atoms with van der Waals surface area (Å²) >= 11 is 0. The van der Waals surface area contributed by atoms with Crippen molar-refractivity contribution in [2.75, 3.05) is 24.3 Å². The van der Waals surface area contributed by atoms with E-state index >= 15 is 0 Å². The van der Waals surface area contributed by atoms with Crippen LogP contribution in [0, 0.1) is 0 Å². The fourth-order valence-electron chi connectivity index (χ4n) is 4.47. The summed E-state index contributed by atoms with van der Waals surface area (Å²) < 4.78 is 30.2. The van der Waals surface area contributed by atoms with Gasteiger partial charge in [-0.1, -0.05) is 19.1 Å². The standard InChI is InChI=1S/C24H33N5O4S/c1-4-12-34(31,32)19-7-5-6-17(13-19)14-26-23(30)29-16-21-20(24(29,2)3)15-25-22(28-21)27-18-8-10-33-11-9-18/h5-7,13,15,18H,4,8-12,14,16H2,1-3H3,(H,26,30)(H,25,27,28). The van der Waals surface area contributed by atoms with Crippen molar-refractivity contribution >= 4 is 21.8 Å². The minimum Gasteiger partial charge on any atom is -0.381 e. The van der Waals surface area contributed by atoms with E-state index in [9.17, 15) is 13.2 Å². The zero-order chi connectivity index (χ0) is 24.3. The molecule has 0 aliphatic carbocycles. The number of nitrogens with zero attached hydrogens (tertiary/aromatic N) is 3. The summed E-state index contributed by atoms with van der Waals surface area (Å²) in [5, 5.41) is 6.32. The van der Waals surface area contributed by atoms with E-state index in [0.29, 0.717) is 18.9 Å². The minimum absolute atomic E-state index is 0.107. The number of fused-ring (bicyclic) bond motifs is 1. The predicted molar refractivity (Wildman–Crippen MR) is 129 cm³/mol. The summed E-state index contributed by atoms with van der Waals surface area (Å²) in [6.07, 6.45) is 4.20. The van der Waals surface area contributed by atoms with Crippen molar-refractivity contribution in [2.24, 2.45) is 0 Å². The van der Waals surface area contributed by atoms with Gasteiger partial charge < -0.3 is 20.3 Å². The van der Waals surface area contributed by atoms with Crippen molar-refractivity contribution in [3.05, 3.63) is 47.3 Å². The molecular weight excluding hydrogens is 454 g/mol. The Hall–Kier alpha value is -2.72. The van der Waals surface area contributed by atoms with Crippen molar-refractivity contribution in [3.63, 3.8) is 0 Å². The number of anilines is 1. The summed E-state index contributed by atoms with van der Waals surface area (Å²) in [6, 6.07) is 6.81. The number of sulfone groups is 1. The molecule has 184 valence electrons. The molecule has 0 radical (unpaired) electrons. The van der Waals surface area contributed by atoms with Gasteiger partial charge in [-0.2, -0.15) is 0 Å². The van der Waals surface area contributed by atoms with E-state index in [1.54, 1.807) is 29.3 Å². The lowest BCUT2D eigenvalue weighted by Gasteiger charge is -2.32. The van der Waals surface area contributed by atoms with Gasteiger partial charge in [0.25, 0.3) is 0 Å². The zero-order valence-corrected chi connectivity index (χ0v) is 20.8. The Labute approximate surface area is 201 Å². The Morgan fingerprint density at radius 3 is 2.76 bits per heavy atom. The molecule has 0 saturated carbocycles. The second-order valence-electron chi connectivity index (χ2n) is 9.36. The molecule has 2 amide bonds. The van der Waals surface area contributed by atoms with E-state index in [2.05, 4.69) is 15.6 Å². The van der Waals surface area contributed by atoms with Gasteiger partial charge in [-0.25, -0.2) is 23.2 Å². The van der Waals surface area contributed by atoms with Crippen molar-refractivity contribution in [3.8, 4) is 0 Å². The molecule has 1 saturated heterocycles. The van der Waals surface area contributed by atoms with Crippen LogP contribution in [0.25, 0.3) is 0 Å². The lowest BCUT2D eigenvalue weighted by molar-refractivity contribution is 0.0903. The lowest BCUT2D eigenvalue weighted by atomic mass is 9.97. The molecule has 10 heteroatoms. The average Bonchev–Trinajstić information content (AvgIpc) is 3.08. The number of aromatic nitrogens is 2. The van der Waals surface area contributed by atoms with Crippen LogP contribution in [0.3, 0.4) is 0 Å². The molecule has 1 fully saturated rings. The monoisotopic (exact) mass is 487 g/mol. The molecule has 34 heavy (non-hydrogen) atoms. The molecule has 1 aromatic heterocycles. The number of benzene rings is 1. The Morgan fingerprint density at radius 1 is 1.26 bits per heavy atom. The molecule has 2 N–H and O–H groups in total. The molecule has 2 aromatic rings. The van der Waals surface area contributed by atoms with E-state index in [-0.39, 0.29) is 29.3 Å². The summed E-state index contributed by atoms with van der Waals surface area (Å²) in [5.41, 5.74) is 1.93. The lowest BCUT2D eigenvalue weighted by Crippen LogP contribution is -2.45. The smallest absolute Gasteiger partial charge is 0.318 e. The fraction of sp³-hybridized carbons (Fsp3) is 0.542. The van der Waals surface area contributed by atoms with E-state index < -0.39 is 15.4 Å². The molecule has 0 spiro atoms. The van der Waals surface area contributed by atoms with Gasteiger partial charge in [-0.05, 0) is 50.8 Å². The summed E-state index contributed by atoms with van der Waals surface area (Å²) in [5.74, 6) is 0.684. The summed E-state index contributed by atoms with van der Waals surface area (Å²) in [6.45, 7) is 7.87. The van der Waals surface area contributed by atoms with Gasteiger partial charge in [0.1, 0.15) is 0 Å². The van der Waals surface area contributed by atoms with Gasteiger partial charge in [0.15, 0.2) is 9.84 Å². The molecule has 0 bridgehead atoms. The number of carbonyl (C=O) groups excluding carboxylic acids is 1. The maximum absolute atomic E-state index is 13.1. The topological polar surface area (TPSA) is 114 Å². The Morgan fingerprint density at radius 2 is 2.03 bits per heavy atom. The molecule has 0 unspecified atom stereocenters. The number of urea groups is 1. The maximum atomic E-state index is 13.1. The van der Waals surface area contributed by atoms with E-state index in [4.69, 9.17) is 9.72 Å². The molecule has 3 heterocycles. The van der Waals surface area contributed by atoms with Gasteiger partial charge >= 0.3 is 6.03 Å². The maximum Gasteiger partial charge on any atom is 0.318 e. The van der Waals surface area contributed by atoms with Crippen molar-refractivity contribution < 1.29 is 17.9 Å². The Bertz CT molecular complexity index is 1150. The van der Waals surface area contributed by atoms with Crippen molar-refractivity contribution in [1.82, 2.24) is 20.2 Å². The first-order chi connectivity index (χ1) is 16.2. The largest absolute Gasteiger partial charge is 0.381 e. The van der Waals surface area contributed by atoms with E-state index in [0.717, 1.165) is 42.9 Å². The zero-order valence-electron chi connectivity index (χ0n) is 20.0. The van der Waals surface area contributed by atoms with Crippen molar-refractivity contribution in [2.45, 2.75) is 69.6 Å². The van der Waals surface area contributed by atoms with Crippen LogP contribution in [0.2, 0.25) is 0 Å². The number of ether oxygens (including phenoxy) is 1. The molecule has 9 nitrogen and oxygen atoms in total. The normalized spacial score (nSPS) is 17.9. The molecular formula is C24H33N5O4S. The number of nitrogens with one attached hydrogen (secondary N) is 2. The predicted octanol–water partition coefficient (Wildman–Crippen LogP) is 3.21. The second kappa shape index (κ2) is 9.87. The van der Waals surface area contributed by atoms with Crippen LogP contribution < -0.4 is 10.6 Å². The minimum atomic E-state index is -3.31. The van der Waals surface area contributed by atoms with Crippen LogP contribution >= 0.6 is 0 Å². The fourth-order valence-corrected chi connectivity index (χ4v) is 5.86. The SMILES string of the molecule is CCCS(=O)(=O)c1cccc(CNC(=O)N2Cc3nc(NC4CCOCC4)ncc3C2(C)C)c1. The molecule has 4 rings (SSSR count). The highest BCUT2D eigenvalue weighted by molar-refractivity contribution is 7.91. The summed E-state index contributed by atoms with van der Waals surface area (Å²) in [7, 11) is -3.31. The van der Waals surface area contributed by atoms with Crippen LogP contribution in [-0.4, -0.2) is 54.3 Å². The van der Waals surface area contributed by atoms with E-state index in [1.165, 1.54) is 0 Å². The molecule has 0 atom stereocenters. The van der Waals surface area contributed by atoms with Crippen LogP contribution in [0.4, 0.5) is 10.7 Å². The molecule has 2 aliphatic rings. The first-order valence-corrected chi connectivity index (χ1v) is 13.4. The highest BCUT2D eigenvalue weighted by Gasteiger charge is 2.41. The van der Waals surface area contributed by atoms with Crippen LogP contribution in [0.15, 0.2) is 35.4 Å². The van der Waals surface area contributed by atoms with Gasteiger partial charge in [-0.3, -0.25) is 0 Å². The summed E-state index contributed by atoms with van der Waals surface area (Å²) in [4.78, 5) is 24.3. The number of amides is 2.